The minimum atomic E-state index is 0.584. The average Bonchev–Trinajstić information content (AvgIpc) is 2.15. The van der Waals surface area contributed by atoms with Crippen molar-refractivity contribution in [2.75, 3.05) is 0 Å². The zero-order valence-electron chi connectivity index (χ0n) is 8.97. The van der Waals surface area contributed by atoms with E-state index in [0.29, 0.717) is 5.92 Å². The quantitative estimate of drug-likeness (QED) is 0.719. The van der Waals surface area contributed by atoms with Gasteiger partial charge in [0.25, 0.3) is 0 Å². The first-order valence-electron chi connectivity index (χ1n) is 4.81. The second-order valence-electron chi connectivity index (χ2n) is 3.82. The van der Waals surface area contributed by atoms with Gasteiger partial charge < -0.3 is 0 Å². The van der Waals surface area contributed by atoms with E-state index in [1.807, 2.05) is 6.08 Å². The predicted octanol–water partition coefficient (Wildman–Crippen LogP) is 4.54. The number of halogens is 1. The largest absolute Gasteiger partial charge is 0.102 e. The van der Waals surface area contributed by atoms with E-state index in [4.69, 9.17) is 0 Å². The molecule has 0 aliphatic carbocycles. The Morgan fingerprint density at radius 1 is 1.36 bits per heavy atom. The summed E-state index contributed by atoms with van der Waals surface area (Å²) in [7, 11) is 0. The summed E-state index contributed by atoms with van der Waals surface area (Å²) >= 11 is 2.37. The number of allylic oxidation sites excluding steroid dienone is 1. The van der Waals surface area contributed by atoms with E-state index in [9.17, 15) is 0 Å². The Morgan fingerprint density at radius 3 is 2.50 bits per heavy atom. The molecule has 0 N–H and O–H groups in total. The van der Waals surface area contributed by atoms with Crippen LogP contribution in [0, 0.1) is 9.49 Å². The van der Waals surface area contributed by atoms with Crippen LogP contribution in [0.3, 0.4) is 0 Å². The lowest BCUT2D eigenvalue weighted by molar-refractivity contribution is 0.863. The smallest absolute Gasteiger partial charge is 0.0230 e. The van der Waals surface area contributed by atoms with Gasteiger partial charge in [0.15, 0.2) is 0 Å². The standard InChI is InChI=1S/C13H16I/c1-5-10(4)12-6-11(9(2)3)7-13(14)8-12/h5-9H,1H2,2-4H3. The molecule has 0 amide bonds. The minimum Gasteiger partial charge on any atom is -0.102 e. The molecular formula is C13H16I. The van der Waals surface area contributed by atoms with Crippen LogP contribution in [0.5, 0.6) is 0 Å². The summed E-state index contributed by atoms with van der Waals surface area (Å²) < 4.78 is 1.30. The molecule has 1 aromatic carbocycles. The third-order valence-corrected chi connectivity index (χ3v) is 2.97. The van der Waals surface area contributed by atoms with Gasteiger partial charge in [-0.05, 0) is 51.8 Å². The van der Waals surface area contributed by atoms with Gasteiger partial charge in [0, 0.05) is 9.49 Å². The highest BCUT2D eigenvalue weighted by Gasteiger charge is 2.06. The van der Waals surface area contributed by atoms with Gasteiger partial charge in [0.1, 0.15) is 0 Å². The fraction of sp³-hybridized carbons (Fsp3) is 0.308. The highest BCUT2D eigenvalue weighted by Crippen LogP contribution is 2.24. The summed E-state index contributed by atoms with van der Waals surface area (Å²) in [6.45, 7) is 10.3. The van der Waals surface area contributed by atoms with Crippen LogP contribution in [0.2, 0.25) is 0 Å². The zero-order valence-corrected chi connectivity index (χ0v) is 11.1. The molecule has 1 rings (SSSR count). The highest BCUT2D eigenvalue weighted by atomic mass is 127. The van der Waals surface area contributed by atoms with Gasteiger partial charge in [-0.1, -0.05) is 32.9 Å². The maximum Gasteiger partial charge on any atom is 0.0230 e. The van der Waals surface area contributed by atoms with Gasteiger partial charge in [0.05, 0.1) is 0 Å². The summed E-state index contributed by atoms with van der Waals surface area (Å²) in [6, 6.07) is 6.69. The number of rotatable bonds is 3. The molecule has 0 nitrogen and oxygen atoms in total. The molecule has 0 spiro atoms. The molecule has 1 heteroatoms. The molecule has 0 fully saturated rings. The van der Waals surface area contributed by atoms with Crippen LogP contribution in [-0.4, -0.2) is 0 Å². The molecule has 0 unspecified atom stereocenters. The van der Waals surface area contributed by atoms with Gasteiger partial charge in [-0.15, -0.1) is 6.58 Å². The van der Waals surface area contributed by atoms with E-state index in [0.717, 1.165) is 0 Å². The maximum atomic E-state index is 3.80. The van der Waals surface area contributed by atoms with Gasteiger partial charge in [-0.25, -0.2) is 0 Å². The topological polar surface area (TPSA) is 0 Å². The first-order valence-corrected chi connectivity index (χ1v) is 5.89. The molecule has 0 aliphatic heterocycles. The Morgan fingerprint density at radius 2 is 2.00 bits per heavy atom. The van der Waals surface area contributed by atoms with Crippen molar-refractivity contribution < 1.29 is 0 Å². The van der Waals surface area contributed by atoms with E-state index in [1.165, 1.54) is 20.6 Å². The molecule has 0 heterocycles. The van der Waals surface area contributed by atoms with Crippen molar-refractivity contribution in [3.05, 3.63) is 51.5 Å². The Kier molecular flexibility index (Phi) is 4.17. The molecule has 0 aromatic heterocycles. The molecule has 1 aromatic rings. The Hall–Kier alpha value is -0.310. The van der Waals surface area contributed by atoms with E-state index >= 15 is 0 Å². The SMILES string of the molecule is C=C[C](C)c1cc(I)cc(C(C)C)c1. The molecular weight excluding hydrogens is 283 g/mol. The zero-order chi connectivity index (χ0) is 10.7. The normalized spacial score (nSPS) is 11.0. The second-order valence-corrected chi connectivity index (χ2v) is 5.06. The molecule has 75 valence electrons. The molecule has 0 bridgehead atoms. The lowest BCUT2D eigenvalue weighted by Crippen LogP contribution is -1.95. The van der Waals surface area contributed by atoms with Gasteiger partial charge in [-0.3, -0.25) is 0 Å². The maximum absolute atomic E-state index is 3.80. The summed E-state index contributed by atoms with van der Waals surface area (Å²) in [5.74, 6) is 1.83. The lowest BCUT2D eigenvalue weighted by Gasteiger charge is -2.12. The van der Waals surface area contributed by atoms with Crippen LogP contribution in [0.25, 0.3) is 0 Å². The fourth-order valence-corrected chi connectivity index (χ4v) is 1.99. The summed E-state index contributed by atoms with van der Waals surface area (Å²) in [6.07, 6.45) is 1.91. The van der Waals surface area contributed by atoms with Crippen molar-refractivity contribution >= 4 is 22.6 Å². The first kappa shape index (κ1) is 11.8. The molecule has 0 atom stereocenters. The van der Waals surface area contributed by atoms with Crippen molar-refractivity contribution in [2.24, 2.45) is 0 Å². The average molecular weight is 299 g/mol. The van der Waals surface area contributed by atoms with E-state index in [-0.39, 0.29) is 0 Å². The molecule has 0 saturated carbocycles. The van der Waals surface area contributed by atoms with Crippen LogP contribution in [0.4, 0.5) is 0 Å². The van der Waals surface area contributed by atoms with Crippen molar-refractivity contribution in [3.8, 4) is 0 Å². The van der Waals surface area contributed by atoms with Crippen molar-refractivity contribution in [2.45, 2.75) is 26.7 Å². The van der Waals surface area contributed by atoms with Crippen LogP contribution in [-0.2, 0) is 0 Å². The fourth-order valence-electron chi connectivity index (χ4n) is 1.29. The lowest BCUT2D eigenvalue weighted by atomic mass is 9.95. The molecule has 1 radical (unpaired) electrons. The van der Waals surface area contributed by atoms with Crippen LogP contribution in [0.15, 0.2) is 30.9 Å². The summed E-state index contributed by atoms with van der Waals surface area (Å²) in [5.41, 5.74) is 2.68. The van der Waals surface area contributed by atoms with E-state index < -0.39 is 0 Å². The second kappa shape index (κ2) is 4.96. The first-order chi connectivity index (χ1) is 6.54. The van der Waals surface area contributed by atoms with Gasteiger partial charge in [0.2, 0.25) is 0 Å². The Balaban J connectivity index is 3.13. The van der Waals surface area contributed by atoms with E-state index in [2.05, 4.69) is 68.1 Å². The molecule has 0 saturated heterocycles. The van der Waals surface area contributed by atoms with Crippen LogP contribution < -0.4 is 0 Å². The van der Waals surface area contributed by atoms with Crippen molar-refractivity contribution in [1.82, 2.24) is 0 Å². The Bertz CT molecular complexity index is 326. The van der Waals surface area contributed by atoms with Crippen LogP contribution in [0.1, 0.15) is 37.8 Å². The summed E-state index contributed by atoms with van der Waals surface area (Å²) in [4.78, 5) is 0. The van der Waals surface area contributed by atoms with Crippen LogP contribution >= 0.6 is 22.6 Å². The number of hydrogen-bond donors (Lipinski definition) is 0. The number of benzene rings is 1. The number of hydrogen-bond acceptors (Lipinski definition) is 0. The van der Waals surface area contributed by atoms with E-state index in [1.54, 1.807) is 0 Å². The third kappa shape index (κ3) is 2.84. The third-order valence-electron chi connectivity index (χ3n) is 2.35. The Labute approximate surface area is 101 Å². The van der Waals surface area contributed by atoms with Crippen molar-refractivity contribution in [1.29, 1.82) is 0 Å². The van der Waals surface area contributed by atoms with Gasteiger partial charge >= 0.3 is 0 Å². The minimum absolute atomic E-state index is 0.584. The highest BCUT2D eigenvalue weighted by molar-refractivity contribution is 14.1. The molecule has 14 heavy (non-hydrogen) atoms. The molecule has 0 aliphatic rings. The monoisotopic (exact) mass is 299 g/mol. The van der Waals surface area contributed by atoms with Crippen molar-refractivity contribution in [3.63, 3.8) is 0 Å². The predicted molar refractivity (Wildman–Crippen MR) is 71.5 cm³/mol. The summed E-state index contributed by atoms with van der Waals surface area (Å²) in [5, 5.41) is 0. The van der Waals surface area contributed by atoms with Gasteiger partial charge in [-0.2, -0.15) is 0 Å².